The summed E-state index contributed by atoms with van der Waals surface area (Å²) in [5.41, 5.74) is 1.35. The van der Waals surface area contributed by atoms with Crippen molar-refractivity contribution >= 4 is 0 Å². The molecule has 0 spiro atoms. The molecule has 1 heterocycles. The fourth-order valence-corrected chi connectivity index (χ4v) is 3.26. The summed E-state index contributed by atoms with van der Waals surface area (Å²) in [6.07, 6.45) is 3.70. The summed E-state index contributed by atoms with van der Waals surface area (Å²) in [6.45, 7) is 13.2. The van der Waals surface area contributed by atoms with Crippen molar-refractivity contribution in [3.05, 3.63) is 11.6 Å². The summed E-state index contributed by atoms with van der Waals surface area (Å²) in [5, 5.41) is 0. The Morgan fingerprint density at radius 2 is 1.88 bits per heavy atom. The van der Waals surface area contributed by atoms with Crippen LogP contribution < -0.4 is 0 Å². The summed E-state index contributed by atoms with van der Waals surface area (Å²) >= 11 is 0. The lowest BCUT2D eigenvalue weighted by Crippen LogP contribution is -2.36. The van der Waals surface area contributed by atoms with E-state index in [-0.39, 0.29) is 18.0 Å². The molecule has 1 fully saturated rings. The maximum Gasteiger partial charge on any atom is 0.162 e. The van der Waals surface area contributed by atoms with Gasteiger partial charge in [0.25, 0.3) is 0 Å². The first-order chi connectivity index (χ1) is 7.81. The first-order valence-electron chi connectivity index (χ1n) is 6.82. The largest absolute Gasteiger partial charge is 0.346 e. The molecule has 0 N–H and O–H groups in total. The number of allylic oxidation sites excluding steroid dienone is 2. The molecule has 0 radical (unpaired) electrons. The van der Waals surface area contributed by atoms with Crippen LogP contribution in [0.3, 0.4) is 0 Å². The Kier molecular flexibility index (Phi) is 3.39. The molecule has 1 aliphatic carbocycles. The molecule has 2 rings (SSSR count). The number of rotatable bonds is 1. The highest BCUT2D eigenvalue weighted by molar-refractivity contribution is 5.09. The van der Waals surface area contributed by atoms with E-state index in [9.17, 15) is 0 Å². The van der Waals surface area contributed by atoms with Gasteiger partial charge in [0, 0.05) is 5.92 Å². The van der Waals surface area contributed by atoms with Crippen molar-refractivity contribution in [3.63, 3.8) is 0 Å². The van der Waals surface area contributed by atoms with Gasteiger partial charge in [0.1, 0.15) is 0 Å². The van der Waals surface area contributed by atoms with Gasteiger partial charge in [-0.1, -0.05) is 25.5 Å². The Labute approximate surface area is 105 Å². The van der Waals surface area contributed by atoms with Gasteiger partial charge in [-0.15, -0.1) is 0 Å². The molecule has 1 aliphatic heterocycles. The Bertz CT molecular complexity index is 319. The Balaban J connectivity index is 2.14. The smallest absolute Gasteiger partial charge is 0.162 e. The molecule has 0 amide bonds. The lowest BCUT2D eigenvalue weighted by molar-refractivity contribution is -0.138. The van der Waals surface area contributed by atoms with E-state index in [0.29, 0.717) is 17.8 Å². The van der Waals surface area contributed by atoms with Gasteiger partial charge in [-0.25, -0.2) is 0 Å². The molecule has 0 saturated carbocycles. The molecule has 98 valence electrons. The zero-order valence-corrected chi connectivity index (χ0v) is 12.0. The first-order valence-corrected chi connectivity index (χ1v) is 6.82. The van der Waals surface area contributed by atoms with E-state index in [1.165, 1.54) is 12.0 Å². The quantitative estimate of drug-likeness (QED) is 0.647. The molecule has 2 aliphatic rings. The fourth-order valence-electron chi connectivity index (χ4n) is 3.26. The maximum absolute atomic E-state index is 6.13. The molecule has 5 atom stereocenters. The third-order valence-electron chi connectivity index (χ3n) is 4.51. The van der Waals surface area contributed by atoms with Crippen LogP contribution in [0, 0.1) is 17.8 Å². The van der Waals surface area contributed by atoms with Crippen molar-refractivity contribution in [2.75, 3.05) is 0 Å². The second-order valence-electron chi connectivity index (χ2n) is 6.50. The fraction of sp³-hybridized carbons (Fsp3) is 0.867. The Morgan fingerprint density at radius 3 is 2.35 bits per heavy atom. The van der Waals surface area contributed by atoms with Crippen molar-refractivity contribution in [1.82, 2.24) is 0 Å². The molecule has 5 unspecified atom stereocenters. The molecule has 0 aromatic heterocycles. The zero-order valence-electron chi connectivity index (χ0n) is 12.0. The van der Waals surface area contributed by atoms with Crippen LogP contribution in [0.1, 0.15) is 48.0 Å². The van der Waals surface area contributed by atoms with Crippen molar-refractivity contribution in [2.24, 2.45) is 17.8 Å². The van der Waals surface area contributed by atoms with Crippen molar-refractivity contribution in [3.8, 4) is 0 Å². The Hall–Kier alpha value is -0.340. The minimum absolute atomic E-state index is 0.0330. The first kappa shape index (κ1) is 13.1. The van der Waals surface area contributed by atoms with E-state index in [1.54, 1.807) is 0 Å². The van der Waals surface area contributed by atoms with Gasteiger partial charge in [-0.2, -0.15) is 0 Å². The van der Waals surface area contributed by atoms with Crippen LogP contribution in [0.5, 0.6) is 0 Å². The maximum atomic E-state index is 6.13. The standard InChI is InChI=1S/C15H26O2/c1-9-7-10(2)13(11(3)8-9)14-16-12(4)15(5,6)17-14/h7,10-14H,8H2,1-6H3. The van der Waals surface area contributed by atoms with E-state index in [2.05, 4.69) is 47.6 Å². The summed E-state index contributed by atoms with van der Waals surface area (Å²) in [7, 11) is 0. The summed E-state index contributed by atoms with van der Waals surface area (Å²) < 4.78 is 12.2. The number of hydrogen-bond acceptors (Lipinski definition) is 2. The normalized spacial score (nSPS) is 45.8. The summed E-state index contributed by atoms with van der Waals surface area (Å²) in [4.78, 5) is 0. The monoisotopic (exact) mass is 238 g/mol. The molecule has 1 saturated heterocycles. The predicted octanol–water partition coefficient (Wildman–Crippen LogP) is 3.76. The lowest BCUT2D eigenvalue weighted by atomic mass is 9.74. The number of hydrogen-bond donors (Lipinski definition) is 0. The van der Waals surface area contributed by atoms with Crippen LogP contribution in [-0.4, -0.2) is 18.0 Å². The Morgan fingerprint density at radius 1 is 1.24 bits per heavy atom. The van der Waals surface area contributed by atoms with Crippen molar-refractivity contribution < 1.29 is 9.47 Å². The van der Waals surface area contributed by atoms with Gasteiger partial charge in [-0.05, 0) is 46.0 Å². The summed E-state index contributed by atoms with van der Waals surface area (Å²) in [5.74, 6) is 1.67. The molecule has 2 nitrogen and oxygen atoms in total. The van der Waals surface area contributed by atoms with Crippen LogP contribution in [-0.2, 0) is 9.47 Å². The highest BCUT2D eigenvalue weighted by Crippen LogP contribution is 2.42. The van der Waals surface area contributed by atoms with E-state index in [4.69, 9.17) is 9.47 Å². The molecular formula is C15H26O2. The van der Waals surface area contributed by atoms with Gasteiger partial charge in [0.05, 0.1) is 11.7 Å². The highest BCUT2D eigenvalue weighted by atomic mass is 16.7. The minimum Gasteiger partial charge on any atom is -0.346 e. The molecular weight excluding hydrogens is 212 g/mol. The van der Waals surface area contributed by atoms with E-state index in [0.717, 1.165) is 0 Å². The van der Waals surface area contributed by atoms with Crippen LogP contribution in [0.25, 0.3) is 0 Å². The zero-order chi connectivity index (χ0) is 12.8. The van der Waals surface area contributed by atoms with E-state index >= 15 is 0 Å². The van der Waals surface area contributed by atoms with Crippen LogP contribution in [0.15, 0.2) is 11.6 Å². The molecule has 2 heteroatoms. The third kappa shape index (κ3) is 2.43. The van der Waals surface area contributed by atoms with Crippen LogP contribution in [0.2, 0.25) is 0 Å². The third-order valence-corrected chi connectivity index (χ3v) is 4.51. The van der Waals surface area contributed by atoms with Gasteiger partial charge in [-0.3, -0.25) is 0 Å². The van der Waals surface area contributed by atoms with E-state index < -0.39 is 0 Å². The van der Waals surface area contributed by atoms with Crippen LogP contribution in [0.4, 0.5) is 0 Å². The van der Waals surface area contributed by atoms with Crippen molar-refractivity contribution in [1.29, 1.82) is 0 Å². The SMILES string of the molecule is CC1=CC(C)C(C2OC(C)C(C)(C)O2)C(C)C1. The highest BCUT2D eigenvalue weighted by Gasteiger charge is 2.46. The van der Waals surface area contributed by atoms with Crippen LogP contribution >= 0.6 is 0 Å². The second-order valence-corrected chi connectivity index (χ2v) is 6.50. The van der Waals surface area contributed by atoms with Crippen molar-refractivity contribution in [2.45, 2.75) is 66.0 Å². The average molecular weight is 238 g/mol. The topological polar surface area (TPSA) is 18.5 Å². The molecule has 0 aromatic rings. The van der Waals surface area contributed by atoms with E-state index in [1.807, 2.05) is 0 Å². The van der Waals surface area contributed by atoms with Gasteiger partial charge >= 0.3 is 0 Å². The molecule has 0 bridgehead atoms. The lowest BCUT2D eigenvalue weighted by Gasteiger charge is -2.36. The van der Waals surface area contributed by atoms with Gasteiger partial charge in [0.15, 0.2) is 6.29 Å². The van der Waals surface area contributed by atoms with Gasteiger partial charge < -0.3 is 9.47 Å². The summed E-state index contributed by atoms with van der Waals surface area (Å²) in [6, 6.07) is 0. The average Bonchev–Trinajstić information content (AvgIpc) is 2.38. The predicted molar refractivity (Wildman–Crippen MR) is 69.7 cm³/mol. The molecule has 17 heavy (non-hydrogen) atoms. The number of ether oxygens (including phenoxy) is 2. The molecule has 0 aromatic carbocycles. The second kappa shape index (κ2) is 4.40. The minimum atomic E-state index is -0.152. The van der Waals surface area contributed by atoms with Gasteiger partial charge in [0.2, 0.25) is 0 Å².